The Morgan fingerprint density at radius 1 is 1.25 bits per heavy atom. The fraction of sp³-hybridized carbons (Fsp3) is 0.312. The average Bonchev–Trinajstić information content (AvgIpc) is 2.95. The van der Waals surface area contributed by atoms with E-state index < -0.39 is 0 Å². The molecular formula is C16H18N2OS. The smallest absolute Gasteiger partial charge is 0.120 e. The first kappa shape index (κ1) is 13.2. The van der Waals surface area contributed by atoms with E-state index in [0.717, 1.165) is 23.0 Å². The predicted molar refractivity (Wildman–Crippen MR) is 83.8 cm³/mol. The van der Waals surface area contributed by atoms with Crippen molar-refractivity contribution in [3.8, 4) is 5.75 Å². The first-order valence-electron chi connectivity index (χ1n) is 6.82. The van der Waals surface area contributed by atoms with Crippen molar-refractivity contribution < 1.29 is 4.74 Å². The number of aryl methyl sites for hydroxylation is 2. The number of thiazole rings is 1. The monoisotopic (exact) mass is 286 g/mol. The lowest BCUT2D eigenvalue weighted by Crippen LogP contribution is -1.97. The van der Waals surface area contributed by atoms with Crippen molar-refractivity contribution in [2.24, 2.45) is 0 Å². The van der Waals surface area contributed by atoms with Gasteiger partial charge in [-0.2, -0.15) is 0 Å². The van der Waals surface area contributed by atoms with Crippen molar-refractivity contribution >= 4 is 22.2 Å². The van der Waals surface area contributed by atoms with Gasteiger partial charge in [-0.1, -0.05) is 0 Å². The van der Waals surface area contributed by atoms with E-state index in [9.17, 15) is 0 Å². The SMILES string of the molecule is CCOc1ccc2c(ccn2Cc2nc(C)c(C)s2)c1. The topological polar surface area (TPSA) is 27.1 Å². The highest BCUT2D eigenvalue weighted by Gasteiger charge is 2.07. The summed E-state index contributed by atoms with van der Waals surface area (Å²) >= 11 is 1.78. The van der Waals surface area contributed by atoms with Crippen LogP contribution in [0.1, 0.15) is 22.5 Å². The molecule has 0 amide bonds. The predicted octanol–water partition coefficient (Wildman–Crippen LogP) is 4.16. The van der Waals surface area contributed by atoms with E-state index in [1.165, 1.54) is 15.8 Å². The van der Waals surface area contributed by atoms with Crippen molar-refractivity contribution in [2.75, 3.05) is 6.61 Å². The summed E-state index contributed by atoms with van der Waals surface area (Å²) < 4.78 is 7.78. The molecule has 0 aliphatic carbocycles. The maximum atomic E-state index is 5.54. The minimum Gasteiger partial charge on any atom is -0.494 e. The summed E-state index contributed by atoms with van der Waals surface area (Å²) in [6.07, 6.45) is 2.12. The van der Waals surface area contributed by atoms with Crippen LogP contribution in [-0.2, 0) is 6.54 Å². The molecule has 0 unspecified atom stereocenters. The number of benzene rings is 1. The summed E-state index contributed by atoms with van der Waals surface area (Å²) in [5.74, 6) is 0.929. The standard InChI is InChI=1S/C16H18N2OS/c1-4-19-14-5-6-15-13(9-14)7-8-18(15)10-16-17-11(2)12(3)20-16/h5-9H,4,10H2,1-3H3. The lowest BCUT2D eigenvalue weighted by molar-refractivity contribution is 0.340. The van der Waals surface area contributed by atoms with E-state index >= 15 is 0 Å². The van der Waals surface area contributed by atoms with Crippen LogP contribution >= 0.6 is 11.3 Å². The van der Waals surface area contributed by atoms with Crippen LogP contribution in [0.3, 0.4) is 0 Å². The Labute approximate surface area is 122 Å². The maximum absolute atomic E-state index is 5.54. The molecular weight excluding hydrogens is 268 g/mol. The maximum Gasteiger partial charge on any atom is 0.120 e. The van der Waals surface area contributed by atoms with Crippen molar-refractivity contribution in [3.05, 3.63) is 46.0 Å². The van der Waals surface area contributed by atoms with Gasteiger partial charge in [-0.3, -0.25) is 0 Å². The minimum absolute atomic E-state index is 0.698. The molecule has 0 spiro atoms. The molecule has 2 aromatic heterocycles. The molecule has 20 heavy (non-hydrogen) atoms. The Hall–Kier alpha value is -1.81. The second-order valence-corrected chi connectivity index (χ2v) is 6.13. The number of aromatic nitrogens is 2. The number of ether oxygens (including phenoxy) is 1. The Morgan fingerprint density at radius 3 is 2.80 bits per heavy atom. The zero-order valence-electron chi connectivity index (χ0n) is 12.0. The number of hydrogen-bond acceptors (Lipinski definition) is 3. The average molecular weight is 286 g/mol. The highest BCUT2D eigenvalue weighted by molar-refractivity contribution is 7.11. The summed E-state index contributed by atoms with van der Waals surface area (Å²) in [6, 6.07) is 8.37. The summed E-state index contributed by atoms with van der Waals surface area (Å²) in [5.41, 5.74) is 2.36. The fourth-order valence-corrected chi connectivity index (χ4v) is 3.26. The largest absolute Gasteiger partial charge is 0.494 e. The molecule has 0 aliphatic rings. The van der Waals surface area contributed by atoms with E-state index in [-0.39, 0.29) is 0 Å². The third-order valence-corrected chi connectivity index (χ3v) is 4.49. The van der Waals surface area contributed by atoms with Gasteiger partial charge in [0.15, 0.2) is 0 Å². The minimum atomic E-state index is 0.698. The van der Waals surface area contributed by atoms with Crippen molar-refractivity contribution in [2.45, 2.75) is 27.3 Å². The zero-order chi connectivity index (χ0) is 14.1. The molecule has 3 rings (SSSR count). The molecule has 0 radical (unpaired) electrons. The van der Waals surface area contributed by atoms with E-state index in [2.05, 4.69) is 47.8 Å². The first-order chi connectivity index (χ1) is 9.67. The molecule has 0 saturated carbocycles. The van der Waals surface area contributed by atoms with Gasteiger partial charge < -0.3 is 9.30 Å². The van der Waals surface area contributed by atoms with Crippen LogP contribution < -0.4 is 4.74 Å². The lowest BCUT2D eigenvalue weighted by Gasteiger charge is -2.05. The van der Waals surface area contributed by atoms with E-state index in [0.29, 0.717) is 6.61 Å². The molecule has 0 bridgehead atoms. The van der Waals surface area contributed by atoms with Crippen LogP contribution in [0.4, 0.5) is 0 Å². The zero-order valence-corrected chi connectivity index (χ0v) is 12.8. The summed E-state index contributed by atoms with van der Waals surface area (Å²) in [5, 5.41) is 2.37. The van der Waals surface area contributed by atoms with Gasteiger partial charge in [0.05, 0.1) is 18.8 Å². The van der Waals surface area contributed by atoms with Gasteiger partial charge in [-0.15, -0.1) is 11.3 Å². The van der Waals surface area contributed by atoms with Crippen LogP contribution in [0.2, 0.25) is 0 Å². The van der Waals surface area contributed by atoms with Crippen LogP contribution in [0, 0.1) is 13.8 Å². The fourth-order valence-electron chi connectivity index (χ4n) is 2.33. The van der Waals surface area contributed by atoms with E-state index in [1.54, 1.807) is 11.3 Å². The van der Waals surface area contributed by atoms with Gasteiger partial charge in [0.25, 0.3) is 0 Å². The van der Waals surface area contributed by atoms with Gasteiger partial charge in [0.1, 0.15) is 10.8 Å². The van der Waals surface area contributed by atoms with Gasteiger partial charge in [0, 0.05) is 22.0 Å². The molecule has 0 aliphatic heterocycles. The molecule has 0 atom stereocenters. The second kappa shape index (κ2) is 5.29. The molecule has 0 saturated heterocycles. The van der Waals surface area contributed by atoms with Gasteiger partial charge in [-0.25, -0.2) is 4.98 Å². The van der Waals surface area contributed by atoms with Crippen LogP contribution in [-0.4, -0.2) is 16.2 Å². The number of fused-ring (bicyclic) bond motifs is 1. The van der Waals surface area contributed by atoms with Gasteiger partial charge >= 0.3 is 0 Å². The lowest BCUT2D eigenvalue weighted by atomic mass is 10.2. The Kier molecular flexibility index (Phi) is 3.49. The molecule has 2 heterocycles. The third-order valence-electron chi connectivity index (χ3n) is 3.43. The molecule has 4 heteroatoms. The summed E-state index contributed by atoms with van der Waals surface area (Å²) in [4.78, 5) is 5.91. The van der Waals surface area contributed by atoms with Gasteiger partial charge in [0.2, 0.25) is 0 Å². The van der Waals surface area contributed by atoms with E-state index in [4.69, 9.17) is 4.74 Å². The van der Waals surface area contributed by atoms with E-state index in [1.807, 2.05) is 13.0 Å². The molecule has 3 nitrogen and oxygen atoms in total. The second-order valence-electron chi connectivity index (χ2n) is 4.85. The molecule has 104 valence electrons. The first-order valence-corrected chi connectivity index (χ1v) is 7.63. The van der Waals surface area contributed by atoms with Crippen LogP contribution in [0.25, 0.3) is 10.9 Å². The van der Waals surface area contributed by atoms with Crippen LogP contribution in [0.5, 0.6) is 5.75 Å². The van der Waals surface area contributed by atoms with Crippen molar-refractivity contribution in [1.29, 1.82) is 0 Å². The van der Waals surface area contributed by atoms with Crippen molar-refractivity contribution in [3.63, 3.8) is 0 Å². The number of hydrogen-bond donors (Lipinski definition) is 0. The Bertz CT molecular complexity index is 723. The normalized spacial score (nSPS) is 11.2. The molecule has 0 N–H and O–H groups in total. The number of rotatable bonds is 4. The highest BCUT2D eigenvalue weighted by atomic mass is 32.1. The quantitative estimate of drug-likeness (QED) is 0.720. The molecule has 0 fully saturated rings. The Morgan fingerprint density at radius 2 is 2.10 bits per heavy atom. The third kappa shape index (κ3) is 2.43. The molecule has 1 aromatic carbocycles. The van der Waals surface area contributed by atoms with Gasteiger partial charge in [-0.05, 0) is 45.0 Å². The van der Waals surface area contributed by atoms with Crippen molar-refractivity contribution in [1.82, 2.24) is 9.55 Å². The Balaban J connectivity index is 1.92. The van der Waals surface area contributed by atoms with Crippen LogP contribution in [0.15, 0.2) is 30.5 Å². The summed E-state index contributed by atoms with van der Waals surface area (Å²) in [6.45, 7) is 7.72. The summed E-state index contributed by atoms with van der Waals surface area (Å²) in [7, 11) is 0. The molecule has 3 aromatic rings. The highest BCUT2D eigenvalue weighted by Crippen LogP contribution is 2.24. The number of nitrogens with zero attached hydrogens (tertiary/aromatic N) is 2.